The van der Waals surface area contributed by atoms with Crippen molar-refractivity contribution < 1.29 is 4.79 Å². The Kier molecular flexibility index (Phi) is 7.60. The van der Waals surface area contributed by atoms with E-state index in [4.69, 9.17) is 21.6 Å². The number of hydrogen-bond donors (Lipinski definition) is 1. The van der Waals surface area contributed by atoms with Gasteiger partial charge in [-0.2, -0.15) is 0 Å². The molecule has 0 fully saturated rings. The molecule has 1 aromatic heterocycles. The quantitative estimate of drug-likeness (QED) is 0.338. The van der Waals surface area contributed by atoms with E-state index in [1.807, 2.05) is 48.5 Å². The van der Waals surface area contributed by atoms with E-state index in [0.29, 0.717) is 23.7 Å². The molecule has 31 heavy (non-hydrogen) atoms. The van der Waals surface area contributed by atoms with Crippen LogP contribution in [-0.4, -0.2) is 28.2 Å². The average molecular weight is 452 g/mol. The summed E-state index contributed by atoms with van der Waals surface area (Å²) in [5.74, 6) is 0.369. The Morgan fingerprint density at radius 3 is 2.55 bits per heavy atom. The van der Waals surface area contributed by atoms with E-state index in [0.717, 1.165) is 33.7 Å². The van der Waals surface area contributed by atoms with Gasteiger partial charge >= 0.3 is 0 Å². The Morgan fingerprint density at radius 1 is 1.03 bits per heavy atom. The molecular weight excluding hydrogens is 426 g/mol. The van der Waals surface area contributed by atoms with Crippen LogP contribution in [0.25, 0.3) is 11.0 Å². The molecule has 1 aliphatic carbocycles. The lowest BCUT2D eigenvalue weighted by Gasteiger charge is -2.13. The lowest BCUT2D eigenvalue weighted by molar-refractivity contribution is -0.118. The van der Waals surface area contributed by atoms with Gasteiger partial charge in [-0.25, -0.2) is 9.97 Å². The van der Waals surface area contributed by atoms with E-state index in [2.05, 4.69) is 11.4 Å². The van der Waals surface area contributed by atoms with Gasteiger partial charge in [0, 0.05) is 18.0 Å². The highest BCUT2D eigenvalue weighted by atomic mass is 35.5. The minimum Gasteiger partial charge on any atom is -0.355 e. The van der Waals surface area contributed by atoms with E-state index < -0.39 is 0 Å². The summed E-state index contributed by atoms with van der Waals surface area (Å²) in [4.78, 5) is 22.1. The standard InChI is InChI=1S/C25H26ClN3OS/c26-20-12-10-19(11-13-20)16-23-25(29-22-9-5-4-8-21(22)28-23)31-17-24(30)27-15-14-18-6-2-1-3-7-18/h4-6,8-13H,1-3,7,14-17H2,(H,27,30). The molecule has 2 aromatic carbocycles. The van der Waals surface area contributed by atoms with E-state index >= 15 is 0 Å². The van der Waals surface area contributed by atoms with Gasteiger partial charge in [-0.1, -0.05) is 59.3 Å². The van der Waals surface area contributed by atoms with Gasteiger partial charge in [0.15, 0.2) is 0 Å². The number of carbonyl (C=O) groups is 1. The maximum Gasteiger partial charge on any atom is 0.230 e. The number of amides is 1. The third kappa shape index (κ3) is 6.31. The van der Waals surface area contributed by atoms with Crippen LogP contribution < -0.4 is 5.32 Å². The Hall–Kier alpha value is -2.37. The lowest BCUT2D eigenvalue weighted by Crippen LogP contribution is -2.26. The third-order valence-corrected chi connectivity index (χ3v) is 6.64. The number of rotatable bonds is 8. The van der Waals surface area contributed by atoms with E-state index in [-0.39, 0.29) is 5.91 Å². The van der Waals surface area contributed by atoms with Crippen molar-refractivity contribution in [2.75, 3.05) is 12.3 Å². The fourth-order valence-electron chi connectivity index (χ4n) is 3.73. The fourth-order valence-corrected chi connectivity index (χ4v) is 4.67. The van der Waals surface area contributed by atoms with Gasteiger partial charge in [0.25, 0.3) is 0 Å². The molecule has 6 heteroatoms. The summed E-state index contributed by atoms with van der Waals surface area (Å²) < 4.78 is 0. The number of fused-ring (bicyclic) bond motifs is 1. The second kappa shape index (κ2) is 10.8. The van der Waals surface area contributed by atoms with Crippen molar-refractivity contribution in [1.29, 1.82) is 0 Å². The summed E-state index contributed by atoms with van der Waals surface area (Å²) in [5.41, 5.74) is 5.17. The van der Waals surface area contributed by atoms with Crippen molar-refractivity contribution in [3.8, 4) is 0 Å². The molecule has 4 nitrogen and oxygen atoms in total. The summed E-state index contributed by atoms with van der Waals surface area (Å²) in [6, 6.07) is 15.6. The van der Waals surface area contributed by atoms with Crippen LogP contribution >= 0.6 is 23.4 Å². The van der Waals surface area contributed by atoms with Crippen LogP contribution in [0.15, 0.2) is 65.2 Å². The van der Waals surface area contributed by atoms with E-state index in [1.54, 1.807) is 0 Å². The Morgan fingerprint density at radius 2 is 1.81 bits per heavy atom. The summed E-state index contributed by atoms with van der Waals surface area (Å²) in [5, 5.41) is 4.57. The van der Waals surface area contributed by atoms with Crippen molar-refractivity contribution in [1.82, 2.24) is 15.3 Å². The number of nitrogens with zero attached hydrogens (tertiary/aromatic N) is 2. The maximum absolute atomic E-state index is 12.4. The molecule has 1 heterocycles. The fraction of sp³-hybridized carbons (Fsp3) is 0.320. The van der Waals surface area contributed by atoms with Crippen LogP contribution in [0.3, 0.4) is 0 Å². The van der Waals surface area contributed by atoms with Crippen LogP contribution in [-0.2, 0) is 11.2 Å². The second-order valence-electron chi connectivity index (χ2n) is 7.76. The molecule has 3 aromatic rings. The van der Waals surface area contributed by atoms with Crippen LogP contribution in [0.4, 0.5) is 0 Å². The number of aromatic nitrogens is 2. The monoisotopic (exact) mass is 451 g/mol. The Labute approximate surface area is 192 Å². The van der Waals surface area contributed by atoms with Crippen molar-refractivity contribution in [2.45, 2.75) is 43.6 Å². The number of nitrogens with one attached hydrogen (secondary N) is 1. The van der Waals surface area contributed by atoms with Gasteiger partial charge in [-0.3, -0.25) is 4.79 Å². The molecule has 160 valence electrons. The first-order valence-electron chi connectivity index (χ1n) is 10.7. The zero-order valence-electron chi connectivity index (χ0n) is 17.4. The molecule has 0 atom stereocenters. The zero-order chi connectivity index (χ0) is 21.5. The summed E-state index contributed by atoms with van der Waals surface area (Å²) in [6.07, 6.45) is 8.84. The first kappa shape index (κ1) is 21.8. The topological polar surface area (TPSA) is 54.9 Å². The van der Waals surface area contributed by atoms with Gasteiger partial charge < -0.3 is 5.32 Å². The van der Waals surface area contributed by atoms with Crippen molar-refractivity contribution >= 4 is 40.3 Å². The van der Waals surface area contributed by atoms with E-state index in [9.17, 15) is 4.79 Å². The van der Waals surface area contributed by atoms with Gasteiger partial charge in [0.05, 0.1) is 22.5 Å². The normalized spacial score (nSPS) is 13.8. The smallest absolute Gasteiger partial charge is 0.230 e. The average Bonchev–Trinajstić information content (AvgIpc) is 2.80. The number of halogens is 1. The van der Waals surface area contributed by atoms with Crippen molar-refractivity contribution in [3.05, 3.63) is 76.5 Å². The third-order valence-electron chi connectivity index (χ3n) is 5.38. The Bertz CT molecular complexity index is 1080. The number of benzene rings is 2. The van der Waals surface area contributed by atoms with Crippen LogP contribution in [0, 0.1) is 0 Å². The van der Waals surface area contributed by atoms with Gasteiger partial charge in [0.1, 0.15) is 5.03 Å². The number of allylic oxidation sites excluding steroid dienone is 1. The highest BCUT2D eigenvalue weighted by molar-refractivity contribution is 7.99. The predicted octanol–water partition coefficient (Wildman–Crippen LogP) is 5.97. The summed E-state index contributed by atoms with van der Waals surface area (Å²) >= 11 is 7.47. The first-order chi connectivity index (χ1) is 15.2. The number of hydrogen-bond acceptors (Lipinski definition) is 4. The van der Waals surface area contributed by atoms with Gasteiger partial charge in [0.2, 0.25) is 5.91 Å². The molecule has 0 bridgehead atoms. The number of thioether (sulfide) groups is 1. The van der Waals surface area contributed by atoms with Crippen LogP contribution in [0.1, 0.15) is 43.4 Å². The Balaban J connectivity index is 1.42. The van der Waals surface area contributed by atoms with Gasteiger partial charge in [-0.15, -0.1) is 0 Å². The minimum atomic E-state index is 0.0359. The molecule has 4 rings (SSSR count). The summed E-state index contributed by atoms with van der Waals surface area (Å²) in [6.45, 7) is 0.701. The SMILES string of the molecule is O=C(CSc1nc2ccccc2nc1Cc1ccc(Cl)cc1)NCCC1=CCCCC1. The molecule has 1 amide bonds. The molecular formula is C25H26ClN3OS. The molecule has 0 saturated carbocycles. The lowest BCUT2D eigenvalue weighted by atomic mass is 9.97. The molecule has 0 radical (unpaired) electrons. The van der Waals surface area contributed by atoms with Crippen molar-refractivity contribution in [2.24, 2.45) is 0 Å². The number of carbonyl (C=O) groups excluding carboxylic acids is 1. The molecule has 1 aliphatic rings. The molecule has 0 spiro atoms. The first-order valence-corrected chi connectivity index (χ1v) is 12.1. The van der Waals surface area contributed by atoms with Gasteiger partial charge in [-0.05, 0) is 61.9 Å². The number of para-hydroxylation sites is 2. The largest absolute Gasteiger partial charge is 0.355 e. The highest BCUT2D eigenvalue weighted by Gasteiger charge is 2.13. The van der Waals surface area contributed by atoms with Crippen LogP contribution in [0.2, 0.25) is 5.02 Å². The predicted molar refractivity (Wildman–Crippen MR) is 129 cm³/mol. The van der Waals surface area contributed by atoms with E-state index in [1.165, 1.54) is 43.0 Å². The second-order valence-corrected chi connectivity index (χ2v) is 9.16. The molecule has 1 N–H and O–H groups in total. The molecule has 0 unspecified atom stereocenters. The molecule has 0 saturated heterocycles. The molecule has 0 aliphatic heterocycles. The van der Waals surface area contributed by atoms with Crippen molar-refractivity contribution in [3.63, 3.8) is 0 Å². The highest BCUT2D eigenvalue weighted by Crippen LogP contribution is 2.25. The van der Waals surface area contributed by atoms with Crippen LogP contribution in [0.5, 0.6) is 0 Å². The summed E-state index contributed by atoms with van der Waals surface area (Å²) in [7, 11) is 0. The maximum atomic E-state index is 12.4. The minimum absolute atomic E-state index is 0.0359. The zero-order valence-corrected chi connectivity index (χ0v) is 19.0.